The summed E-state index contributed by atoms with van der Waals surface area (Å²) in [4.78, 5) is 111. The summed E-state index contributed by atoms with van der Waals surface area (Å²) in [6, 6.07) is 2.41. The van der Waals surface area contributed by atoms with Gasteiger partial charge in [-0.1, -0.05) is 54.5 Å². The Labute approximate surface area is 441 Å². The molecular weight excluding hydrogens is 998 g/mol. The smallest absolute Gasteiger partial charge is 0.409 e. The maximum atomic E-state index is 14.4. The van der Waals surface area contributed by atoms with Gasteiger partial charge in [0.2, 0.25) is 35.4 Å². The first-order valence-electron chi connectivity index (χ1n) is 25.3. The third-order valence-electron chi connectivity index (χ3n) is 15.7. The van der Waals surface area contributed by atoms with Crippen LogP contribution in [-0.4, -0.2) is 162 Å². The first-order valence-corrected chi connectivity index (χ1v) is 26.7. The summed E-state index contributed by atoms with van der Waals surface area (Å²) in [5.74, 6) is -2.41. The molecule has 404 valence electrons. The lowest BCUT2D eigenvalue weighted by Crippen LogP contribution is -2.63. The molecule has 6 aliphatic rings. The van der Waals surface area contributed by atoms with E-state index in [1.165, 1.54) is 59.6 Å². The van der Waals surface area contributed by atoms with Crippen LogP contribution in [0.3, 0.4) is 0 Å². The molecule has 21 heteroatoms. The van der Waals surface area contributed by atoms with E-state index < -0.39 is 76.8 Å². The fraction of sp³-hybridized carbons (Fsp3) is 0.623. The summed E-state index contributed by atoms with van der Waals surface area (Å²) in [6.45, 7) is 11.6. The summed E-state index contributed by atoms with van der Waals surface area (Å²) in [6.07, 6.45) is 3.96. The van der Waals surface area contributed by atoms with Gasteiger partial charge in [0.15, 0.2) is 5.72 Å². The van der Waals surface area contributed by atoms with Crippen molar-refractivity contribution in [3.63, 3.8) is 0 Å². The van der Waals surface area contributed by atoms with E-state index >= 15 is 0 Å². The van der Waals surface area contributed by atoms with Crippen LogP contribution in [0.4, 0.5) is 10.5 Å². The van der Waals surface area contributed by atoms with E-state index in [4.69, 9.17) is 35.3 Å². The number of rotatable bonds is 14. The highest BCUT2D eigenvalue weighted by Gasteiger charge is 2.64. The number of ether oxygens (including phenoxy) is 5. The van der Waals surface area contributed by atoms with Gasteiger partial charge < -0.3 is 38.6 Å². The molecule has 5 aliphatic heterocycles. The minimum absolute atomic E-state index is 0.0181. The molecule has 5 heterocycles. The number of carbonyl (C=O) groups excluding carboxylic acids is 8. The Kier molecular flexibility index (Phi) is 17.8. The molecule has 3 unspecified atom stereocenters. The Balaban J connectivity index is 0.986. The summed E-state index contributed by atoms with van der Waals surface area (Å²) in [5.41, 5.74) is -0.322. The number of anilines is 1. The number of hydrogen-bond donors (Lipinski definition) is 2. The average Bonchev–Trinajstić information content (AvgIpc) is 3.87. The number of allylic oxidation sites excluding steroid dienone is 3. The molecular formula is C53H70ClN5O14S. The molecule has 7 rings (SSSR count). The number of hydrogen-bond acceptors (Lipinski definition) is 15. The lowest BCUT2D eigenvalue weighted by Gasteiger charge is -2.42. The van der Waals surface area contributed by atoms with Crippen LogP contribution >= 0.6 is 23.4 Å². The molecule has 0 spiro atoms. The van der Waals surface area contributed by atoms with Gasteiger partial charge in [0.25, 0.3) is 0 Å². The number of thioether (sulfide) groups is 1. The zero-order valence-electron chi connectivity index (χ0n) is 43.5. The lowest BCUT2D eigenvalue weighted by atomic mass is 9.78. The summed E-state index contributed by atoms with van der Waals surface area (Å²) < 4.78 is 29.5. The molecule has 7 amide bonds. The molecule has 1 aromatic rings. The van der Waals surface area contributed by atoms with Gasteiger partial charge in [0.1, 0.15) is 40.7 Å². The Morgan fingerprint density at radius 1 is 1.03 bits per heavy atom. The number of likely N-dealkylation sites (N-methyl/N-ethyl adjacent to an activating group) is 1. The predicted octanol–water partition coefficient (Wildman–Crippen LogP) is 5.28. The number of likely N-dealkylation sites (tertiary alicyclic amines) is 2. The maximum absolute atomic E-state index is 14.4. The fourth-order valence-corrected chi connectivity index (χ4v) is 12.2. The van der Waals surface area contributed by atoms with Crippen LogP contribution in [0.5, 0.6) is 5.75 Å². The third kappa shape index (κ3) is 12.4. The summed E-state index contributed by atoms with van der Waals surface area (Å²) in [5, 5.41) is 13.9. The van der Waals surface area contributed by atoms with Crippen molar-refractivity contribution in [2.75, 3.05) is 52.1 Å². The zero-order valence-corrected chi connectivity index (χ0v) is 45.1. The number of amides is 7. The van der Waals surface area contributed by atoms with Crippen molar-refractivity contribution in [2.45, 2.75) is 145 Å². The summed E-state index contributed by atoms with van der Waals surface area (Å²) >= 11 is 8.04. The van der Waals surface area contributed by atoms with Crippen molar-refractivity contribution in [3.05, 3.63) is 58.7 Å². The molecule has 19 nitrogen and oxygen atoms in total. The number of imide groups is 2. The molecule has 0 radical (unpaired) electrons. The normalized spacial score (nSPS) is 32.2. The second-order valence-electron chi connectivity index (χ2n) is 20.8. The Morgan fingerprint density at radius 2 is 1.72 bits per heavy atom. The molecule has 1 aliphatic carbocycles. The predicted molar refractivity (Wildman–Crippen MR) is 274 cm³/mol. The number of carbonyl (C=O) groups is 8. The van der Waals surface area contributed by atoms with Crippen LogP contribution in [-0.2, 0) is 58.9 Å². The van der Waals surface area contributed by atoms with Crippen molar-refractivity contribution in [2.24, 2.45) is 17.8 Å². The van der Waals surface area contributed by atoms with E-state index in [0.717, 1.165) is 42.4 Å². The van der Waals surface area contributed by atoms with Crippen LogP contribution in [0, 0.1) is 17.8 Å². The van der Waals surface area contributed by atoms with Gasteiger partial charge in [-0.2, -0.15) is 0 Å². The first-order chi connectivity index (χ1) is 35.0. The number of halogens is 1. The van der Waals surface area contributed by atoms with Gasteiger partial charge in [-0.3, -0.25) is 43.9 Å². The van der Waals surface area contributed by atoms with Crippen molar-refractivity contribution in [3.8, 4) is 5.75 Å². The Bertz CT molecular complexity index is 2460. The number of epoxide rings is 1. The van der Waals surface area contributed by atoms with Crippen molar-refractivity contribution in [1.29, 1.82) is 0 Å². The number of nitrogens with zero attached hydrogens (tertiary/aromatic N) is 4. The van der Waals surface area contributed by atoms with E-state index in [1.807, 2.05) is 13.0 Å². The SMILES string of the molecule is C=C(CN1C(=O)CCC1=O)C1CCC(CN2C(=O)CC(SCCC(=O)N(C)[C@@H](C)C(=O)O[C@H]3CC(=O)N(C)c4cc(cc(OC)c4Cl)C/C(C)=C/C=C/[C@@H](OC)[C@@]4(O)CC(OC(=O)N4)[C@@H](C)C4O[C@]43C)C2=O)CC1. The van der Waals surface area contributed by atoms with E-state index in [9.17, 15) is 43.5 Å². The molecule has 4 bridgehead atoms. The fourth-order valence-electron chi connectivity index (χ4n) is 10.8. The van der Waals surface area contributed by atoms with Crippen LogP contribution in [0.15, 0.2) is 48.1 Å². The van der Waals surface area contributed by atoms with Gasteiger partial charge in [0.05, 0.1) is 30.6 Å². The van der Waals surface area contributed by atoms with Gasteiger partial charge >= 0.3 is 12.1 Å². The van der Waals surface area contributed by atoms with E-state index in [1.54, 1.807) is 45.2 Å². The maximum Gasteiger partial charge on any atom is 0.409 e. The largest absolute Gasteiger partial charge is 0.495 e. The van der Waals surface area contributed by atoms with Gasteiger partial charge in [-0.25, -0.2) is 9.59 Å². The number of benzene rings is 1. The van der Waals surface area contributed by atoms with Crippen LogP contribution in [0.2, 0.25) is 5.02 Å². The number of nitrogens with one attached hydrogen (secondary N) is 1. The average molecular weight is 1070 g/mol. The number of methoxy groups -OCH3 is 2. The van der Waals surface area contributed by atoms with Crippen molar-refractivity contribution in [1.82, 2.24) is 20.0 Å². The molecule has 74 heavy (non-hydrogen) atoms. The van der Waals surface area contributed by atoms with Gasteiger partial charge in [-0.05, 0) is 82.4 Å². The quantitative estimate of drug-likeness (QED) is 0.105. The van der Waals surface area contributed by atoms with Crippen molar-refractivity contribution < 1.29 is 67.1 Å². The molecule has 1 saturated carbocycles. The zero-order chi connectivity index (χ0) is 54.0. The van der Waals surface area contributed by atoms with Crippen LogP contribution in [0.1, 0.15) is 97.5 Å². The molecule has 5 fully saturated rings. The van der Waals surface area contributed by atoms with Gasteiger partial charge in [0, 0.05) is 78.1 Å². The van der Waals surface area contributed by atoms with E-state index in [2.05, 4.69) is 11.9 Å². The molecule has 0 aromatic heterocycles. The third-order valence-corrected chi connectivity index (χ3v) is 17.3. The molecule has 4 saturated heterocycles. The van der Waals surface area contributed by atoms with Crippen molar-refractivity contribution >= 4 is 76.6 Å². The van der Waals surface area contributed by atoms with E-state index in [-0.39, 0.29) is 91.3 Å². The second-order valence-corrected chi connectivity index (χ2v) is 22.5. The molecule has 1 aromatic carbocycles. The minimum atomic E-state index is -1.88. The highest BCUT2D eigenvalue weighted by molar-refractivity contribution is 8.00. The molecule has 9 atom stereocenters. The minimum Gasteiger partial charge on any atom is -0.495 e. The lowest BCUT2D eigenvalue weighted by molar-refractivity contribution is -0.162. The number of fused-ring (bicyclic) bond motifs is 5. The van der Waals surface area contributed by atoms with Gasteiger partial charge in [-0.15, -0.1) is 11.8 Å². The molecule has 2 N–H and O–H groups in total. The van der Waals surface area contributed by atoms with Crippen LogP contribution < -0.4 is 15.0 Å². The monoisotopic (exact) mass is 1070 g/mol. The second kappa shape index (κ2) is 23.3. The number of esters is 1. The summed E-state index contributed by atoms with van der Waals surface area (Å²) in [7, 11) is 5.89. The highest BCUT2D eigenvalue weighted by atomic mass is 35.5. The van der Waals surface area contributed by atoms with E-state index in [0.29, 0.717) is 24.4 Å². The first kappa shape index (κ1) is 56.4. The topological polar surface area (TPSA) is 231 Å². The highest BCUT2D eigenvalue weighted by Crippen LogP contribution is 2.49. The Morgan fingerprint density at radius 3 is 2.38 bits per heavy atom. The number of aliphatic hydroxyl groups is 1. The standard InChI is InChI=1S/C53H70ClN5O14S/c1-29-11-10-12-40(70-9)53(68)26-38(71-51(67)55-53)31(3)48-52(5,73-48)41(25-45(63)57(7)36-22-34(21-29)23-37(69-8)47(36)54)72-50(66)32(4)56(6)42(60)19-20-74-39-24-46(64)59(49(39)65)28-33-13-15-35(16-14-33)30(2)27-58-43(61)17-18-44(58)62/h10-12,22-23,31-33,35,38-41,48,68H,2,13-21,24-28H2,1,3-9H3,(H,55,67)/b12-10+,29-11+/t31-,32+,33?,35?,38?,39?,40-,41+,48?,52+,53+/m1/s1. The van der Waals surface area contributed by atoms with Crippen LogP contribution in [0.25, 0.3) is 0 Å². The Hall–Kier alpha value is -5.28. The number of alkyl carbamates (subject to hydrolysis) is 1.